The van der Waals surface area contributed by atoms with Crippen molar-refractivity contribution in [2.75, 3.05) is 6.67 Å². The lowest BCUT2D eigenvalue weighted by atomic mass is 9.98. The summed E-state index contributed by atoms with van der Waals surface area (Å²) in [4.78, 5) is 0. The number of rotatable bonds is 2. The minimum Gasteiger partial charge on any atom is -0.250 e. The standard InChI is InChI=1S/C10H11ClF/c1-7(6-12)9-4-3-5-10(11)8(9)2/h3-5,7H,1,6H2,2H3. The van der Waals surface area contributed by atoms with E-state index in [0.29, 0.717) is 5.02 Å². The van der Waals surface area contributed by atoms with Crippen molar-refractivity contribution in [3.63, 3.8) is 0 Å². The second-order valence-corrected chi connectivity index (χ2v) is 3.21. The van der Waals surface area contributed by atoms with Gasteiger partial charge in [0.1, 0.15) is 0 Å². The molecule has 1 unspecified atom stereocenters. The van der Waals surface area contributed by atoms with Gasteiger partial charge in [-0.05, 0) is 31.0 Å². The molecular formula is C10H11ClF. The van der Waals surface area contributed by atoms with E-state index in [4.69, 9.17) is 11.6 Å². The molecule has 0 nitrogen and oxygen atoms in total. The van der Waals surface area contributed by atoms with Crippen LogP contribution in [0.3, 0.4) is 0 Å². The van der Waals surface area contributed by atoms with Crippen LogP contribution in [0, 0.1) is 13.8 Å². The summed E-state index contributed by atoms with van der Waals surface area (Å²) in [5.74, 6) is -0.302. The molecule has 0 aliphatic carbocycles. The van der Waals surface area contributed by atoms with Gasteiger partial charge < -0.3 is 0 Å². The summed E-state index contributed by atoms with van der Waals surface area (Å²) in [6, 6.07) is 5.47. The lowest BCUT2D eigenvalue weighted by molar-refractivity contribution is 0.464. The van der Waals surface area contributed by atoms with E-state index in [2.05, 4.69) is 6.92 Å². The van der Waals surface area contributed by atoms with E-state index in [1.54, 1.807) is 6.07 Å². The monoisotopic (exact) mass is 185 g/mol. The van der Waals surface area contributed by atoms with Gasteiger partial charge in [-0.3, -0.25) is 4.39 Å². The Kier molecular flexibility index (Phi) is 3.10. The molecule has 0 saturated carbocycles. The Balaban J connectivity index is 3.07. The fourth-order valence-electron chi connectivity index (χ4n) is 1.15. The molecule has 1 aromatic carbocycles. The van der Waals surface area contributed by atoms with Crippen LogP contribution < -0.4 is 0 Å². The number of hydrogen-bond donors (Lipinski definition) is 0. The number of hydrogen-bond acceptors (Lipinski definition) is 0. The summed E-state index contributed by atoms with van der Waals surface area (Å²) in [5, 5.41) is 0.676. The highest BCUT2D eigenvalue weighted by Crippen LogP contribution is 2.25. The Labute approximate surface area is 77.4 Å². The Morgan fingerprint density at radius 2 is 2.25 bits per heavy atom. The molecule has 65 valence electrons. The molecule has 0 amide bonds. The second kappa shape index (κ2) is 3.90. The summed E-state index contributed by atoms with van der Waals surface area (Å²) >= 11 is 5.86. The van der Waals surface area contributed by atoms with Crippen LogP contribution in [0.1, 0.15) is 17.0 Å². The van der Waals surface area contributed by atoms with Crippen LogP contribution in [0.15, 0.2) is 18.2 Å². The molecule has 0 saturated heterocycles. The van der Waals surface area contributed by atoms with Gasteiger partial charge >= 0.3 is 0 Å². The number of halogens is 2. The SMILES string of the molecule is [CH2]C(CF)c1cccc(Cl)c1C. The van der Waals surface area contributed by atoms with Gasteiger partial charge in [0, 0.05) is 10.9 Å². The second-order valence-electron chi connectivity index (χ2n) is 2.81. The molecule has 0 aliphatic heterocycles. The van der Waals surface area contributed by atoms with Crippen molar-refractivity contribution in [1.29, 1.82) is 0 Å². The van der Waals surface area contributed by atoms with E-state index in [1.165, 1.54) is 0 Å². The molecule has 0 aliphatic rings. The van der Waals surface area contributed by atoms with Crippen LogP contribution >= 0.6 is 11.6 Å². The summed E-state index contributed by atoms with van der Waals surface area (Å²) in [6.07, 6.45) is 0. The van der Waals surface area contributed by atoms with E-state index in [1.807, 2.05) is 19.1 Å². The molecule has 1 radical (unpaired) electrons. The first-order chi connectivity index (χ1) is 5.66. The maximum absolute atomic E-state index is 12.3. The van der Waals surface area contributed by atoms with Crippen molar-refractivity contribution in [2.24, 2.45) is 0 Å². The van der Waals surface area contributed by atoms with E-state index in [-0.39, 0.29) is 5.92 Å². The molecule has 0 bridgehead atoms. The predicted octanol–water partition coefficient (Wildman–Crippen LogP) is 3.54. The summed E-state index contributed by atoms with van der Waals surface area (Å²) in [5.41, 5.74) is 1.82. The van der Waals surface area contributed by atoms with Gasteiger partial charge in [-0.2, -0.15) is 0 Å². The van der Waals surface area contributed by atoms with Gasteiger partial charge in [-0.25, -0.2) is 0 Å². The molecule has 12 heavy (non-hydrogen) atoms. The van der Waals surface area contributed by atoms with Gasteiger partial charge in [0.15, 0.2) is 0 Å². The highest BCUT2D eigenvalue weighted by atomic mass is 35.5. The summed E-state index contributed by atoms with van der Waals surface area (Å²) in [6.45, 7) is 5.13. The van der Waals surface area contributed by atoms with Crippen LogP contribution in [-0.4, -0.2) is 6.67 Å². The predicted molar refractivity (Wildman–Crippen MR) is 50.3 cm³/mol. The quantitative estimate of drug-likeness (QED) is 0.661. The largest absolute Gasteiger partial charge is 0.250 e. The van der Waals surface area contributed by atoms with Gasteiger partial charge in [0.05, 0.1) is 6.67 Å². The topological polar surface area (TPSA) is 0 Å². The third-order valence-electron chi connectivity index (χ3n) is 1.94. The van der Waals surface area contributed by atoms with Crippen LogP contribution in [0.5, 0.6) is 0 Å². The van der Waals surface area contributed by atoms with Crippen molar-refractivity contribution in [2.45, 2.75) is 12.8 Å². The van der Waals surface area contributed by atoms with E-state index < -0.39 is 6.67 Å². The first-order valence-corrected chi connectivity index (χ1v) is 4.18. The third-order valence-corrected chi connectivity index (χ3v) is 2.35. The van der Waals surface area contributed by atoms with Crippen molar-refractivity contribution < 1.29 is 4.39 Å². The lowest BCUT2D eigenvalue weighted by Crippen LogP contribution is -1.98. The van der Waals surface area contributed by atoms with E-state index in [0.717, 1.165) is 11.1 Å². The Bertz CT molecular complexity index is 271. The van der Waals surface area contributed by atoms with Gasteiger partial charge in [0.2, 0.25) is 0 Å². The Morgan fingerprint density at radius 1 is 1.58 bits per heavy atom. The molecule has 0 heterocycles. The highest BCUT2D eigenvalue weighted by molar-refractivity contribution is 6.31. The minimum atomic E-state index is -0.443. The molecule has 0 aromatic heterocycles. The van der Waals surface area contributed by atoms with Crippen molar-refractivity contribution in [3.05, 3.63) is 41.3 Å². The maximum atomic E-state index is 12.3. The molecule has 0 fully saturated rings. The molecule has 1 aromatic rings. The fraction of sp³-hybridized carbons (Fsp3) is 0.300. The van der Waals surface area contributed by atoms with Gasteiger partial charge in [0.25, 0.3) is 0 Å². The molecular weight excluding hydrogens is 175 g/mol. The average Bonchev–Trinajstić information content (AvgIpc) is 2.08. The molecule has 2 heteroatoms. The zero-order chi connectivity index (χ0) is 9.14. The van der Waals surface area contributed by atoms with Crippen LogP contribution in [0.25, 0.3) is 0 Å². The van der Waals surface area contributed by atoms with E-state index >= 15 is 0 Å². The first-order valence-electron chi connectivity index (χ1n) is 3.81. The Morgan fingerprint density at radius 3 is 2.83 bits per heavy atom. The van der Waals surface area contributed by atoms with Crippen LogP contribution in [0.2, 0.25) is 5.02 Å². The van der Waals surface area contributed by atoms with Crippen molar-refractivity contribution in [3.8, 4) is 0 Å². The zero-order valence-electron chi connectivity index (χ0n) is 6.98. The Hall–Kier alpha value is -0.560. The van der Waals surface area contributed by atoms with Gasteiger partial charge in [-0.15, -0.1) is 0 Å². The van der Waals surface area contributed by atoms with Crippen LogP contribution in [-0.2, 0) is 0 Å². The smallest absolute Gasteiger partial charge is 0.0963 e. The number of benzene rings is 1. The third kappa shape index (κ3) is 1.78. The molecule has 0 N–H and O–H groups in total. The fourth-order valence-corrected chi connectivity index (χ4v) is 1.33. The normalized spacial score (nSPS) is 13.0. The van der Waals surface area contributed by atoms with Crippen molar-refractivity contribution >= 4 is 11.6 Å². The van der Waals surface area contributed by atoms with E-state index in [9.17, 15) is 4.39 Å². The zero-order valence-corrected chi connectivity index (χ0v) is 7.74. The van der Waals surface area contributed by atoms with Crippen LogP contribution in [0.4, 0.5) is 4.39 Å². The summed E-state index contributed by atoms with van der Waals surface area (Å²) in [7, 11) is 0. The maximum Gasteiger partial charge on any atom is 0.0963 e. The minimum absolute atomic E-state index is 0.302. The summed E-state index contributed by atoms with van der Waals surface area (Å²) < 4.78 is 12.3. The highest BCUT2D eigenvalue weighted by Gasteiger charge is 2.09. The molecule has 0 spiro atoms. The lowest BCUT2D eigenvalue weighted by Gasteiger charge is -2.11. The number of alkyl halides is 1. The molecule has 1 rings (SSSR count). The van der Waals surface area contributed by atoms with Gasteiger partial charge in [-0.1, -0.05) is 23.7 Å². The first kappa shape index (κ1) is 9.53. The molecule has 1 atom stereocenters. The van der Waals surface area contributed by atoms with Crippen molar-refractivity contribution in [1.82, 2.24) is 0 Å². The average molecular weight is 186 g/mol.